The monoisotopic (exact) mass is 142 g/mol. The smallest absolute Gasteiger partial charge is 0.168 e. The van der Waals surface area contributed by atoms with Gasteiger partial charge in [0.25, 0.3) is 0 Å². The van der Waals surface area contributed by atoms with E-state index in [2.05, 4.69) is 6.58 Å². The molecule has 1 atom stereocenters. The molecule has 0 bridgehead atoms. The second-order valence-electron chi connectivity index (χ2n) is 2.97. The molecule has 0 aromatic rings. The normalized spacial score (nSPS) is 31.6. The maximum Gasteiger partial charge on any atom is 0.168 e. The van der Waals surface area contributed by atoms with Gasteiger partial charge in [-0.15, -0.1) is 6.58 Å². The summed E-state index contributed by atoms with van der Waals surface area (Å²) >= 11 is 0. The molecule has 2 heteroatoms. The Labute approximate surface area is 61.2 Å². The van der Waals surface area contributed by atoms with Crippen LogP contribution in [0.3, 0.4) is 0 Å². The molecule has 0 aromatic carbocycles. The predicted octanol–water partition coefficient (Wildman–Crippen LogP) is 1.04. The van der Waals surface area contributed by atoms with Crippen molar-refractivity contribution in [3.63, 3.8) is 0 Å². The Hall–Kier alpha value is -0.340. The standard InChI is InChI=1S/C8H14O2/c1-2-7-5-3-4-6-8(7,9)10/h2,7,9-10H,1,3-6H2. The van der Waals surface area contributed by atoms with Crippen molar-refractivity contribution in [3.8, 4) is 0 Å². The SMILES string of the molecule is C=CC1CCCCC1(O)O. The Kier molecular flexibility index (Phi) is 2.11. The summed E-state index contributed by atoms with van der Waals surface area (Å²) in [7, 11) is 0. The maximum atomic E-state index is 9.32. The zero-order chi connectivity index (χ0) is 7.61. The van der Waals surface area contributed by atoms with E-state index in [0.717, 1.165) is 19.3 Å². The van der Waals surface area contributed by atoms with E-state index < -0.39 is 5.79 Å². The van der Waals surface area contributed by atoms with Crippen LogP contribution in [-0.2, 0) is 0 Å². The van der Waals surface area contributed by atoms with Crippen LogP contribution >= 0.6 is 0 Å². The van der Waals surface area contributed by atoms with E-state index in [-0.39, 0.29) is 5.92 Å². The van der Waals surface area contributed by atoms with Gasteiger partial charge in [-0.05, 0) is 12.8 Å². The van der Waals surface area contributed by atoms with Crippen LogP contribution < -0.4 is 0 Å². The minimum atomic E-state index is -1.47. The fourth-order valence-corrected chi connectivity index (χ4v) is 1.47. The second-order valence-corrected chi connectivity index (χ2v) is 2.97. The minimum absolute atomic E-state index is 0.124. The Morgan fingerprint density at radius 2 is 2.10 bits per heavy atom. The highest BCUT2D eigenvalue weighted by molar-refractivity contribution is 4.91. The van der Waals surface area contributed by atoms with Gasteiger partial charge in [-0.1, -0.05) is 12.5 Å². The highest BCUT2D eigenvalue weighted by Gasteiger charge is 2.34. The molecule has 1 rings (SSSR count). The predicted molar refractivity (Wildman–Crippen MR) is 39.3 cm³/mol. The first-order chi connectivity index (χ1) is 4.67. The van der Waals surface area contributed by atoms with Crippen molar-refractivity contribution < 1.29 is 10.2 Å². The lowest BCUT2D eigenvalue weighted by Crippen LogP contribution is -2.39. The first-order valence-electron chi connectivity index (χ1n) is 3.74. The molecule has 10 heavy (non-hydrogen) atoms. The third-order valence-electron chi connectivity index (χ3n) is 2.19. The summed E-state index contributed by atoms with van der Waals surface area (Å²) in [5.74, 6) is -1.60. The molecule has 0 spiro atoms. The van der Waals surface area contributed by atoms with E-state index in [9.17, 15) is 10.2 Å². The average Bonchev–Trinajstić information content (AvgIpc) is 1.87. The third-order valence-corrected chi connectivity index (χ3v) is 2.19. The Morgan fingerprint density at radius 3 is 2.50 bits per heavy atom. The molecule has 2 nitrogen and oxygen atoms in total. The van der Waals surface area contributed by atoms with Crippen LogP contribution in [0.15, 0.2) is 12.7 Å². The summed E-state index contributed by atoms with van der Waals surface area (Å²) in [6.07, 6.45) is 4.98. The zero-order valence-corrected chi connectivity index (χ0v) is 6.08. The average molecular weight is 142 g/mol. The molecule has 1 aliphatic rings. The van der Waals surface area contributed by atoms with Gasteiger partial charge in [0.1, 0.15) is 0 Å². The lowest BCUT2D eigenvalue weighted by molar-refractivity contribution is -0.204. The second kappa shape index (κ2) is 2.72. The number of hydrogen-bond donors (Lipinski definition) is 2. The highest BCUT2D eigenvalue weighted by Crippen LogP contribution is 2.31. The van der Waals surface area contributed by atoms with Gasteiger partial charge in [0.15, 0.2) is 5.79 Å². The van der Waals surface area contributed by atoms with E-state index in [0.29, 0.717) is 6.42 Å². The molecule has 1 aliphatic carbocycles. The molecule has 1 saturated carbocycles. The molecule has 0 aromatic heterocycles. The van der Waals surface area contributed by atoms with Crippen LogP contribution in [0.2, 0.25) is 0 Å². The van der Waals surface area contributed by atoms with Crippen molar-refractivity contribution in [2.24, 2.45) is 5.92 Å². The summed E-state index contributed by atoms with van der Waals surface area (Å²) in [4.78, 5) is 0. The molecule has 0 aliphatic heterocycles. The Balaban J connectivity index is 2.59. The third kappa shape index (κ3) is 1.39. The van der Waals surface area contributed by atoms with E-state index in [1.807, 2.05) is 0 Å². The van der Waals surface area contributed by atoms with Gasteiger partial charge in [0.05, 0.1) is 0 Å². The van der Waals surface area contributed by atoms with E-state index in [1.54, 1.807) is 6.08 Å². The van der Waals surface area contributed by atoms with Crippen molar-refractivity contribution >= 4 is 0 Å². The number of hydrogen-bond acceptors (Lipinski definition) is 2. The molecule has 0 heterocycles. The molecule has 1 fully saturated rings. The molecule has 0 amide bonds. The zero-order valence-electron chi connectivity index (χ0n) is 6.08. The quantitative estimate of drug-likeness (QED) is 0.424. The van der Waals surface area contributed by atoms with Crippen LogP contribution in [0.4, 0.5) is 0 Å². The van der Waals surface area contributed by atoms with Crippen LogP contribution in [0, 0.1) is 5.92 Å². The molecule has 2 N–H and O–H groups in total. The van der Waals surface area contributed by atoms with Gasteiger partial charge >= 0.3 is 0 Å². The fourth-order valence-electron chi connectivity index (χ4n) is 1.47. The number of aliphatic hydroxyl groups is 2. The Morgan fingerprint density at radius 1 is 1.40 bits per heavy atom. The van der Waals surface area contributed by atoms with Gasteiger partial charge < -0.3 is 10.2 Å². The van der Waals surface area contributed by atoms with E-state index in [4.69, 9.17) is 0 Å². The highest BCUT2D eigenvalue weighted by atomic mass is 16.5. The van der Waals surface area contributed by atoms with Gasteiger partial charge in [0, 0.05) is 12.3 Å². The van der Waals surface area contributed by atoms with Crippen LogP contribution in [0.1, 0.15) is 25.7 Å². The largest absolute Gasteiger partial charge is 0.365 e. The fraction of sp³-hybridized carbons (Fsp3) is 0.750. The van der Waals surface area contributed by atoms with Crippen molar-refractivity contribution in [3.05, 3.63) is 12.7 Å². The molecular weight excluding hydrogens is 128 g/mol. The first-order valence-corrected chi connectivity index (χ1v) is 3.74. The molecular formula is C8H14O2. The summed E-state index contributed by atoms with van der Waals surface area (Å²) in [5, 5.41) is 18.6. The molecule has 0 radical (unpaired) electrons. The van der Waals surface area contributed by atoms with Crippen molar-refractivity contribution in [2.75, 3.05) is 0 Å². The van der Waals surface area contributed by atoms with Gasteiger partial charge in [-0.2, -0.15) is 0 Å². The van der Waals surface area contributed by atoms with Crippen molar-refractivity contribution in [1.82, 2.24) is 0 Å². The minimum Gasteiger partial charge on any atom is -0.365 e. The Bertz CT molecular complexity index is 129. The van der Waals surface area contributed by atoms with Crippen molar-refractivity contribution in [1.29, 1.82) is 0 Å². The van der Waals surface area contributed by atoms with Crippen LogP contribution in [0.5, 0.6) is 0 Å². The summed E-state index contributed by atoms with van der Waals surface area (Å²) in [6.45, 7) is 3.56. The van der Waals surface area contributed by atoms with Crippen LogP contribution in [-0.4, -0.2) is 16.0 Å². The summed E-state index contributed by atoms with van der Waals surface area (Å²) in [5.41, 5.74) is 0. The molecule has 58 valence electrons. The lowest BCUT2D eigenvalue weighted by atomic mass is 9.84. The number of rotatable bonds is 1. The van der Waals surface area contributed by atoms with Gasteiger partial charge in [0.2, 0.25) is 0 Å². The first kappa shape index (κ1) is 7.76. The molecule has 0 saturated heterocycles. The van der Waals surface area contributed by atoms with E-state index >= 15 is 0 Å². The van der Waals surface area contributed by atoms with Gasteiger partial charge in [-0.3, -0.25) is 0 Å². The molecule has 1 unspecified atom stereocenters. The lowest BCUT2D eigenvalue weighted by Gasteiger charge is -2.33. The maximum absolute atomic E-state index is 9.32. The summed E-state index contributed by atoms with van der Waals surface area (Å²) < 4.78 is 0. The van der Waals surface area contributed by atoms with Crippen molar-refractivity contribution in [2.45, 2.75) is 31.5 Å². The van der Waals surface area contributed by atoms with E-state index in [1.165, 1.54) is 0 Å². The van der Waals surface area contributed by atoms with Crippen LogP contribution in [0.25, 0.3) is 0 Å². The van der Waals surface area contributed by atoms with Gasteiger partial charge in [-0.25, -0.2) is 0 Å². The topological polar surface area (TPSA) is 40.5 Å². The summed E-state index contributed by atoms with van der Waals surface area (Å²) in [6, 6.07) is 0.